The Hall–Kier alpha value is -1.89. The molecule has 1 aromatic heterocycles. The predicted molar refractivity (Wildman–Crippen MR) is 74.8 cm³/mol. The van der Waals surface area contributed by atoms with Crippen molar-refractivity contribution >= 4 is 5.91 Å². The summed E-state index contributed by atoms with van der Waals surface area (Å²) in [5.74, 6) is -0.0886. The molecule has 7 heteroatoms. The number of aryl methyl sites for hydroxylation is 1. The second kappa shape index (κ2) is 6.04. The van der Waals surface area contributed by atoms with E-state index >= 15 is 0 Å². The molecule has 0 aliphatic carbocycles. The molecule has 20 heavy (non-hydrogen) atoms. The minimum atomic E-state index is -0.533. The number of piperazine rings is 1. The second-order valence-corrected chi connectivity index (χ2v) is 5.08. The Morgan fingerprint density at radius 1 is 1.25 bits per heavy atom. The fourth-order valence-corrected chi connectivity index (χ4v) is 2.23. The summed E-state index contributed by atoms with van der Waals surface area (Å²) in [6.07, 6.45) is 2.01. The van der Waals surface area contributed by atoms with E-state index in [0.717, 1.165) is 13.1 Å². The maximum absolute atomic E-state index is 12.2. The molecule has 0 unspecified atom stereocenters. The van der Waals surface area contributed by atoms with Crippen LogP contribution in [0.5, 0.6) is 0 Å². The van der Waals surface area contributed by atoms with Gasteiger partial charge in [0.25, 0.3) is 5.56 Å². The number of hydrogen-bond acceptors (Lipinski definition) is 4. The molecule has 1 aromatic rings. The van der Waals surface area contributed by atoms with Crippen molar-refractivity contribution in [3.63, 3.8) is 0 Å². The van der Waals surface area contributed by atoms with Crippen LogP contribution in [0.15, 0.2) is 15.8 Å². The highest BCUT2D eigenvalue weighted by molar-refractivity contribution is 5.76. The van der Waals surface area contributed by atoms with Gasteiger partial charge in [0, 0.05) is 37.9 Å². The summed E-state index contributed by atoms with van der Waals surface area (Å²) < 4.78 is 1.28. The van der Waals surface area contributed by atoms with Gasteiger partial charge in [-0.3, -0.25) is 19.1 Å². The lowest BCUT2D eigenvalue weighted by molar-refractivity contribution is -0.133. The van der Waals surface area contributed by atoms with Crippen molar-refractivity contribution in [3.05, 3.63) is 32.6 Å². The SMILES string of the molecule is CCc1cn(CC(=O)N2CCN(C)CC2)c(=O)[nH]c1=O. The molecule has 110 valence electrons. The smallest absolute Gasteiger partial charge is 0.328 e. The molecule has 2 rings (SSSR count). The maximum Gasteiger partial charge on any atom is 0.328 e. The van der Waals surface area contributed by atoms with Crippen molar-refractivity contribution in [3.8, 4) is 0 Å². The Bertz CT molecular complexity index is 596. The van der Waals surface area contributed by atoms with Gasteiger partial charge in [-0.15, -0.1) is 0 Å². The molecule has 1 fully saturated rings. The van der Waals surface area contributed by atoms with Gasteiger partial charge in [0.05, 0.1) is 0 Å². The van der Waals surface area contributed by atoms with Crippen molar-refractivity contribution in [2.75, 3.05) is 33.2 Å². The number of nitrogens with zero attached hydrogens (tertiary/aromatic N) is 3. The van der Waals surface area contributed by atoms with Crippen molar-refractivity contribution in [1.82, 2.24) is 19.4 Å². The zero-order valence-electron chi connectivity index (χ0n) is 11.9. The molecule has 1 N–H and O–H groups in total. The highest BCUT2D eigenvalue weighted by Gasteiger charge is 2.19. The van der Waals surface area contributed by atoms with E-state index in [1.165, 1.54) is 10.8 Å². The van der Waals surface area contributed by atoms with Gasteiger partial charge in [-0.2, -0.15) is 0 Å². The average molecular weight is 280 g/mol. The van der Waals surface area contributed by atoms with Gasteiger partial charge in [-0.25, -0.2) is 4.79 Å². The van der Waals surface area contributed by atoms with Crippen LogP contribution in [0.2, 0.25) is 0 Å². The van der Waals surface area contributed by atoms with Gasteiger partial charge in [-0.05, 0) is 13.5 Å². The Labute approximate surface area is 116 Å². The van der Waals surface area contributed by atoms with E-state index in [2.05, 4.69) is 9.88 Å². The molecule has 7 nitrogen and oxygen atoms in total. The number of H-pyrrole nitrogens is 1. The number of carbonyl (C=O) groups excluding carboxylic acids is 1. The number of nitrogens with one attached hydrogen (secondary N) is 1. The summed E-state index contributed by atoms with van der Waals surface area (Å²) in [6.45, 7) is 4.84. The van der Waals surface area contributed by atoms with E-state index < -0.39 is 5.69 Å². The summed E-state index contributed by atoms with van der Waals surface area (Å²) in [4.78, 5) is 41.5. The van der Waals surface area contributed by atoms with E-state index in [1.54, 1.807) is 4.90 Å². The first kappa shape index (κ1) is 14.5. The summed E-state index contributed by atoms with van der Waals surface area (Å²) in [5, 5.41) is 0. The normalized spacial score (nSPS) is 16.4. The number of aromatic amines is 1. The molecule has 0 saturated carbocycles. The van der Waals surface area contributed by atoms with Crippen LogP contribution in [0.3, 0.4) is 0 Å². The fourth-order valence-electron chi connectivity index (χ4n) is 2.23. The minimum Gasteiger partial charge on any atom is -0.339 e. The van der Waals surface area contributed by atoms with Crippen LogP contribution in [-0.4, -0.2) is 58.5 Å². The van der Waals surface area contributed by atoms with Crippen LogP contribution >= 0.6 is 0 Å². The Balaban J connectivity index is 2.12. The lowest BCUT2D eigenvalue weighted by Crippen LogP contribution is -2.49. The number of likely N-dealkylation sites (N-methyl/N-ethyl adjacent to an activating group) is 1. The zero-order valence-corrected chi connectivity index (χ0v) is 11.9. The third kappa shape index (κ3) is 3.16. The average Bonchev–Trinajstić information content (AvgIpc) is 2.42. The van der Waals surface area contributed by atoms with Gasteiger partial charge >= 0.3 is 5.69 Å². The topological polar surface area (TPSA) is 78.4 Å². The fraction of sp³-hybridized carbons (Fsp3) is 0.615. The first-order chi connectivity index (χ1) is 9.51. The monoisotopic (exact) mass is 280 g/mol. The lowest BCUT2D eigenvalue weighted by atomic mass is 10.2. The number of rotatable bonds is 3. The molecule has 0 radical (unpaired) electrons. The molecular weight excluding hydrogens is 260 g/mol. The summed E-state index contributed by atoms with van der Waals surface area (Å²) in [5.41, 5.74) is -0.397. The zero-order chi connectivity index (χ0) is 14.7. The number of amides is 1. The third-order valence-electron chi connectivity index (χ3n) is 3.63. The molecule has 0 bridgehead atoms. The Kier molecular flexibility index (Phi) is 4.39. The Morgan fingerprint density at radius 3 is 2.50 bits per heavy atom. The molecule has 0 aromatic carbocycles. The quantitative estimate of drug-likeness (QED) is 0.760. The van der Waals surface area contributed by atoms with Gasteiger partial charge < -0.3 is 9.80 Å². The van der Waals surface area contributed by atoms with Crippen LogP contribution in [0.25, 0.3) is 0 Å². The van der Waals surface area contributed by atoms with E-state index in [4.69, 9.17) is 0 Å². The molecule has 2 heterocycles. The van der Waals surface area contributed by atoms with Crippen molar-refractivity contribution in [2.45, 2.75) is 19.9 Å². The standard InChI is InChI=1S/C13H20N4O3/c1-3-10-8-17(13(20)14-12(10)19)9-11(18)16-6-4-15(2)5-7-16/h8H,3-7,9H2,1-2H3,(H,14,19,20). The maximum atomic E-state index is 12.2. The molecule has 0 atom stereocenters. The van der Waals surface area contributed by atoms with E-state index in [1.807, 2.05) is 14.0 Å². The molecule has 1 saturated heterocycles. The summed E-state index contributed by atoms with van der Waals surface area (Å²) in [6, 6.07) is 0. The van der Waals surface area contributed by atoms with Crippen LogP contribution < -0.4 is 11.2 Å². The summed E-state index contributed by atoms with van der Waals surface area (Å²) in [7, 11) is 2.02. The van der Waals surface area contributed by atoms with Crippen LogP contribution in [0.1, 0.15) is 12.5 Å². The van der Waals surface area contributed by atoms with Gasteiger partial charge in [0.1, 0.15) is 6.54 Å². The van der Waals surface area contributed by atoms with E-state index in [0.29, 0.717) is 25.1 Å². The molecule has 1 aliphatic rings. The van der Waals surface area contributed by atoms with Crippen LogP contribution in [0.4, 0.5) is 0 Å². The highest BCUT2D eigenvalue weighted by Crippen LogP contribution is 2.01. The first-order valence-corrected chi connectivity index (χ1v) is 6.80. The first-order valence-electron chi connectivity index (χ1n) is 6.80. The van der Waals surface area contributed by atoms with Gasteiger partial charge in [-0.1, -0.05) is 6.92 Å². The van der Waals surface area contributed by atoms with Gasteiger partial charge in [0.15, 0.2) is 0 Å². The Morgan fingerprint density at radius 2 is 1.90 bits per heavy atom. The van der Waals surface area contributed by atoms with Crippen molar-refractivity contribution in [2.24, 2.45) is 0 Å². The van der Waals surface area contributed by atoms with E-state index in [9.17, 15) is 14.4 Å². The summed E-state index contributed by atoms with van der Waals surface area (Å²) >= 11 is 0. The molecular formula is C13H20N4O3. The number of hydrogen-bond donors (Lipinski definition) is 1. The predicted octanol–water partition coefficient (Wildman–Crippen LogP) is -1.13. The molecule has 1 aliphatic heterocycles. The van der Waals surface area contributed by atoms with E-state index in [-0.39, 0.29) is 18.0 Å². The minimum absolute atomic E-state index is 0.0215. The molecule has 1 amide bonds. The van der Waals surface area contributed by atoms with Crippen molar-refractivity contribution in [1.29, 1.82) is 0 Å². The van der Waals surface area contributed by atoms with Crippen molar-refractivity contribution < 1.29 is 4.79 Å². The molecule has 0 spiro atoms. The van der Waals surface area contributed by atoms with Gasteiger partial charge in [0.2, 0.25) is 5.91 Å². The number of aromatic nitrogens is 2. The van der Waals surface area contributed by atoms with Crippen LogP contribution in [0, 0.1) is 0 Å². The second-order valence-electron chi connectivity index (χ2n) is 5.08. The third-order valence-corrected chi connectivity index (χ3v) is 3.63. The lowest BCUT2D eigenvalue weighted by Gasteiger charge is -2.32. The highest BCUT2D eigenvalue weighted by atomic mass is 16.2. The largest absolute Gasteiger partial charge is 0.339 e. The van der Waals surface area contributed by atoms with Crippen LogP contribution in [-0.2, 0) is 17.8 Å². The number of carbonyl (C=O) groups is 1.